The summed E-state index contributed by atoms with van der Waals surface area (Å²) in [6.07, 6.45) is 1.55. The number of esters is 1. The Balaban J connectivity index is 1.69. The normalized spacial score (nSPS) is 14.8. The Morgan fingerprint density at radius 1 is 1.19 bits per heavy atom. The van der Waals surface area contributed by atoms with Crippen molar-refractivity contribution >= 4 is 45.0 Å². The maximum absolute atomic E-state index is 13.9. The number of para-hydroxylation sites is 1. The third kappa shape index (κ3) is 5.16. The monoisotopic (exact) mass is 653 g/mol. The van der Waals surface area contributed by atoms with Gasteiger partial charge in [0.2, 0.25) is 0 Å². The molecule has 0 saturated carbocycles. The van der Waals surface area contributed by atoms with Crippen LogP contribution in [0.1, 0.15) is 31.2 Å². The molecular formula is C29H24BrN3O8S. The highest BCUT2D eigenvalue weighted by Crippen LogP contribution is 2.41. The average Bonchev–Trinajstić information content (AvgIpc) is 3.56. The van der Waals surface area contributed by atoms with E-state index in [0.717, 1.165) is 11.3 Å². The Hall–Kier alpha value is -4.49. The molecule has 0 amide bonds. The SMILES string of the molecule is CCOC(=O)C1=C(C)N=c2s/c(=C\c3ccc(-c4ccccc4[N+](=O)[O-])o3)c(=O)n2C1c1cc(OC)c(OC)cc1Br. The number of hydrogen-bond donors (Lipinski definition) is 0. The molecular weight excluding hydrogens is 630 g/mol. The lowest BCUT2D eigenvalue weighted by Crippen LogP contribution is -2.40. The first-order valence-corrected chi connectivity index (χ1v) is 14.2. The number of fused-ring (bicyclic) bond motifs is 1. The summed E-state index contributed by atoms with van der Waals surface area (Å²) in [7, 11) is 3.01. The van der Waals surface area contributed by atoms with E-state index in [-0.39, 0.29) is 28.2 Å². The Labute approximate surface area is 251 Å². The van der Waals surface area contributed by atoms with Crippen molar-refractivity contribution in [1.29, 1.82) is 0 Å². The lowest BCUT2D eigenvalue weighted by atomic mass is 9.95. The van der Waals surface area contributed by atoms with Crippen molar-refractivity contribution in [1.82, 2.24) is 4.57 Å². The molecule has 0 fully saturated rings. The van der Waals surface area contributed by atoms with Crippen molar-refractivity contribution in [2.45, 2.75) is 19.9 Å². The summed E-state index contributed by atoms with van der Waals surface area (Å²) >= 11 is 4.70. The molecule has 11 nitrogen and oxygen atoms in total. The molecule has 0 aliphatic carbocycles. The van der Waals surface area contributed by atoms with E-state index in [2.05, 4.69) is 20.9 Å². The second-order valence-corrected chi connectivity index (χ2v) is 10.9. The average molecular weight is 654 g/mol. The highest BCUT2D eigenvalue weighted by atomic mass is 79.9. The number of carbonyl (C=O) groups excluding carboxylic acids is 1. The van der Waals surface area contributed by atoms with Crippen LogP contribution >= 0.6 is 27.3 Å². The second-order valence-electron chi connectivity index (χ2n) is 9.01. The van der Waals surface area contributed by atoms with Crippen molar-refractivity contribution in [2.24, 2.45) is 4.99 Å². The van der Waals surface area contributed by atoms with Gasteiger partial charge in [-0.15, -0.1) is 0 Å². The lowest BCUT2D eigenvalue weighted by molar-refractivity contribution is -0.384. The fourth-order valence-electron chi connectivity index (χ4n) is 4.71. The fourth-order valence-corrected chi connectivity index (χ4v) is 6.28. The first kappa shape index (κ1) is 29.0. The Kier molecular flexibility index (Phi) is 8.14. The summed E-state index contributed by atoms with van der Waals surface area (Å²) in [6, 6.07) is 12.0. The third-order valence-electron chi connectivity index (χ3n) is 6.58. The van der Waals surface area contributed by atoms with Crippen LogP contribution in [0.4, 0.5) is 5.69 Å². The summed E-state index contributed by atoms with van der Waals surface area (Å²) in [6.45, 7) is 3.53. The molecule has 4 aromatic rings. The number of carbonyl (C=O) groups is 1. The van der Waals surface area contributed by atoms with Gasteiger partial charge < -0.3 is 18.6 Å². The molecule has 1 atom stereocenters. The van der Waals surface area contributed by atoms with Gasteiger partial charge in [-0.1, -0.05) is 39.4 Å². The predicted octanol–water partition coefficient (Wildman–Crippen LogP) is 4.75. The van der Waals surface area contributed by atoms with Crippen molar-refractivity contribution in [3.63, 3.8) is 0 Å². The highest BCUT2D eigenvalue weighted by molar-refractivity contribution is 9.10. The Morgan fingerprint density at radius 2 is 1.90 bits per heavy atom. The molecule has 2 aromatic heterocycles. The van der Waals surface area contributed by atoms with Gasteiger partial charge in [0.25, 0.3) is 11.2 Å². The van der Waals surface area contributed by atoms with Gasteiger partial charge in [-0.3, -0.25) is 19.5 Å². The topological polar surface area (TPSA) is 135 Å². The van der Waals surface area contributed by atoms with E-state index >= 15 is 0 Å². The minimum absolute atomic E-state index is 0.0970. The Bertz CT molecular complexity index is 1940. The number of allylic oxidation sites excluding steroid dienone is 1. The van der Waals surface area contributed by atoms with Crippen molar-refractivity contribution in [3.05, 3.63) is 105 Å². The van der Waals surface area contributed by atoms with Crippen LogP contribution in [0.2, 0.25) is 0 Å². The van der Waals surface area contributed by atoms with E-state index in [0.29, 0.717) is 43.4 Å². The second kappa shape index (κ2) is 11.8. The predicted molar refractivity (Wildman–Crippen MR) is 158 cm³/mol. The molecule has 2 aromatic carbocycles. The summed E-state index contributed by atoms with van der Waals surface area (Å²) in [4.78, 5) is 43.1. The van der Waals surface area contributed by atoms with Crippen LogP contribution in [0.15, 0.2) is 78.5 Å². The third-order valence-corrected chi connectivity index (χ3v) is 8.25. The van der Waals surface area contributed by atoms with E-state index in [4.69, 9.17) is 18.6 Å². The summed E-state index contributed by atoms with van der Waals surface area (Å²) in [5.41, 5.74) is 0.986. The van der Waals surface area contributed by atoms with Gasteiger partial charge in [0, 0.05) is 16.6 Å². The molecule has 5 rings (SSSR count). The standard InChI is InChI=1S/C29H24BrN3O8S/c1-5-40-28(35)25-15(2)31-29-32(26(25)18-13-22(38-3)23(39-4)14-19(18)30)27(34)24(42-29)12-16-10-11-21(41-16)17-8-6-7-9-20(17)33(36)37/h6-14,26H,5H2,1-4H3/b24-12-. The van der Waals surface area contributed by atoms with Crippen LogP contribution in [-0.4, -0.2) is 36.3 Å². The number of nitro benzene ring substituents is 1. The first-order chi connectivity index (χ1) is 20.2. The summed E-state index contributed by atoms with van der Waals surface area (Å²) in [5.74, 6) is 0.882. The number of nitro groups is 1. The van der Waals surface area contributed by atoms with Gasteiger partial charge in [0.15, 0.2) is 16.3 Å². The van der Waals surface area contributed by atoms with E-state index in [1.165, 1.54) is 24.9 Å². The number of ether oxygens (including phenoxy) is 3. The van der Waals surface area contributed by atoms with Gasteiger partial charge in [-0.25, -0.2) is 9.79 Å². The van der Waals surface area contributed by atoms with Crippen molar-refractivity contribution in [3.8, 4) is 22.8 Å². The van der Waals surface area contributed by atoms with Crippen LogP contribution in [0, 0.1) is 10.1 Å². The molecule has 0 spiro atoms. The van der Waals surface area contributed by atoms with E-state index < -0.39 is 22.5 Å². The van der Waals surface area contributed by atoms with E-state index in [1.54, 1.807) is 62.4 Å². The Morgan fingerprint density at radius 3 is 2.60 bits per heavy atom. The molecule has 0 bridgehead atoms. The number of benzene rings is 2. The number of aromatic nitrogens is 1. The van der Waals surface area contributed by atoms with Gasteiger partial charge >= 0.3 is 5.97 Å². The number of furan rings is 1. The maximum Gasteiger partial charge on any atom is 0.338 e. The van der Waals surface area contributed by atoms with Crippen LogP contribution in [-0.2, 0) is 9.53 Å². The molecule has 1 aliphatic rings. The maximum atomic E-state index is 13.9. The molecule has 0 N–H and O–H groups in total. The van der Waals surface area contributed by atoms with Gasteiger partial charge in [-0.2, -0.15) is 0 Å². The van der Waals surface area contributed by atoms with E-state index in [9.17, 15) is 19.7 Å². The number of nitrogens with zero attached hydrogens (tertiary/aromatic N) is 3. The smallest absolute Gasteiger partial charge is 0.338 e. The largest absolute Gasteiger partial charge is 0.493 e. The van der Waals surface area contributed by atoms with Gasteiger partial charge in [0.1, 0.15) is 11.5 Å². The van der Waals surface area contributed by atoms with Gasteiger partial charge in [0.05, 0.1) is 53.2 Å². The number of rotatable bonds is 8. The minimum Gasteiger partial charge on any atom is -0.493 e. The molecule has 0 radical (unpaired) electrons. The summed E-state index contributed by atoms with van der Waals surface area (Å²) in [5, 5.41) is 11.5. The number of halogens is 1. The number of methoxy groups -OCH3 is 2. The molecule has 1 unspecified atom stereocenters. The van der Waals surface area contributed by atoms with Crippen molar-refractivity contribution < 1.29 is 28.3 Å². The quantitative estimate of drug-likeness (QED) is 0.151. The number of hydrogen-bond acceptors (Lipinski definition) is 10. The van der Waals surface area contributed by atoms with Crippen LogP contribution < -0.4 is 24.4 Å². The molecule has 1 aliphatic heterocycles. The molecule has 42 heavy (non-hydrogen) atoms. The first-order valence-electron chi connectivity index (χ1n) is 12.6. The molecule has 3 heterocycles. The van der Waals surface area contributed by atoms with Crippen LogP contribution in [0.5, 0.6) is 11.5 Å². The molecule has 0 saturated heterocycles. The molecule has 216 valence electrons. The highest BCUT2D eigenvalue weighted by Gasteiger charge is 2.35. The molecule has 13 heteroatoms. The lowest BCUT2D eigenvalue weighted by Gasteiger charge is -2.26. The zero-order chi connectivity index (χ0) is 30.1. The van der Waals surface area contributed by atoms with E-state index in [1.807, 2.05) is 0 Å². The summed E-state index contributed by atoms with van der Waals surface area (Å²) < 4.78 is 24.5. The fraction of sp³-hybridized carbons (Fsp3) is 0.207. The van der Waals surface area contributed by atoms with Gasteiger partial charge in [-0.05, 0) is 49.7 Å². The number of thiazole rings is 1. The van der Waals surface area contributed by atoms with Crippen LogP contribution in [0.25, 0.3) is 17.4 Å². The zero-order valence-electron chi connectivity index (χ0n) is 22.9. The van der Waals surface area contributed by atoms with Crippen LogP contribution in [0.3, 0.4) is 0 Å². The zero-order valence-corrected chi connectivity index (χ0v) is 25.3. The van der Waals surface area contributed by atoms with Crippen molar-refractivity contribution in [2.75, 3.05) is 20.8 Å². The minimum atomic E-state index is -0.893.